The molecule has 2 heterocycles. The number of piperidine rings is 1. The number of carbonyl (C=O) groups excluding carboxylic acids is 2. The molecule has 1 aromatic heterocycles. The van der Waals surface area contributed by atoms with Gasteiger partial charge in [-0.15, -0.1) is 0 Å². The van der Waals surface area contributed by atoms with Gasteiger partial charge in [-0.2, -0.15) is 0 Å². The summed E-state index contributed by atoms with van der Waals surface area (Å²) in [6.45, 7) is 4.87. The van der Waals surface area contributed by atoms with E-state index in [1.54, 1.807) is 18.0 Å². The van der Waals surface area contributed by atoms with Crippen LogP contribution in [0.15, 0.2) is 18.3 Å². The lowest BCUT2D eigenvalue weighted by Gasteiger charge is -2.31. The zero-order chi connectivity index (χ0) is 14.5. The quantitative estimate of drug-likeness (QED) is 0.860. The highest BCUT2D eigenvalue weighted by atomic mass is 16.2. The number of aromatic nitrogens is 1. The molecule has 1 aliphatic rings. The fourth-order valence-corrected chi connectivity index (χ4v) is 2.28. The Morgan fingerprint density at radius 3 is 2.65 bits per heavy atom. The van der Waals surface area contributed by atoms with Gasteiger partial charge in [0.25, 0.3) is 0 Å². The van der Waals surface area contributed by atoms with Crippen LogP contribution in [0.4, 0.5) is 10.6 Å². The maximum atomic E-state index is 11.9. The lowest BCUT2D eigenvalue weighted by Crippen LogP contribution is -2.47. The first-order valence-electron chi connectivity index (χ1n) is 6.81. The van der Waals surface area contributed by atoms with Gasteiger partial charge in [-0.3, -0.25) is 10.1 Å². The first kappa shape index (κ1) is 14.3. The number of nitrogens with zero attached hydrogens (tertiary/aromatic N) is 2. The zero-order valence-electron chi connectivity index (χ0n) is 11.8. The van der Waals surface area contributed by atoms with E-state index in [9.17, 15) is 9.59 Å². The van der Waals surface area contributed by atoms with Gasteiger partial charge in [-0.1, -0.05) is 6.07 Å². The van der Waals surface area contributed by atoms with Crippen LogP contribution in [0.3, 0.4) is 0 Å². The second-order valence-electron chi connectivity index (χ2n) is 5.05. The van der Waals surface area contributed by atoms with Crippen molar-refractivity contribution >= 4 is 17.8 Å². The molecule has 0 bridgehead atoms. The third-order valence-corrected chi connectivity index (χ3v) is 3.52. The van der Waals surface area contributed by atoms with Crippen LogP contribution < -0.4 is 10.6 Å². The number of urea groups is 1. The number of aryl methyl sites for hydroxylation is 1. The molecule has 6 nitrogen and oxygen atoms in total. The van der Waals surface area contributed by atoms with Gasteiger partial charge in [-0.05, 0) is 31.4 Å². The number of amides is 3. The van der Waals surface area contributed by atoms with Crippen molar-refractivity contribution in [2.24, 2.45) is 0 Å². The maximum absolute atomic E-state index is 11.9. The molecule has 2 rings (SSSR count). The highest BCUT2D eigenvalue weighted by Gasteiger charge is 2.22. The molecular weight excluding hydrogens is 256 g/mol. The van der Waals surface area contributed by atoms with Crippen molar-refractivity contribution in [1.29, 1.82) is 0 Å². The lowest BCUT2D eigenvalue weighted by molar-refractivity contribution is -0.129. The molecule has 0 unspecified atom stereocenters. The van der Waals surface area contributed by atoms with Crippen LogP contribution in [-0.4, -0.2) is 41.0 Å². The van der Waals surface area contributed by atoms with Gasteiger partial charge in [0.05, 0.1) is 0 Å². The van der Waals surface area contributed by atoms with E-state index < -0.39 is 0 Å². The predicted molar refractivity (Wildman–Crippen MR) is 76.4 cm³/mol. The average molecular weight is 276 g/mol. The molecule has 1 fully saturated rings. The summed E-state index contributed by atoms with van der Waals surface area (Å²) in [7, 11) is 0. The van der Waals surface area contributed by atoms with Gasteiger partial charge < -0.3 is 10.2 Å². The third-order valence-electron chi connectivity index (χ3n) is 3.52. The molecule has 0 aliphatic carbocycles. The Labute approximate surface area is 118 Å². The van der Waals surface area contributed by atoms with E-state index in [1.807, 2.05) is 19.1 Å². The number of anilines is 1. The molecule has 108 valence electrons. The summed E-state index contributed by atoms with van der Waals surface area (Å²) in [4.78, 5) is 29.1. The predicted octanol–water partition coefficient (Wildman–Crippen LogP) is 1.52. The lowest BCUT2D eigenvalue weighted by atomic mass is 10.1. The van der Waals surface area contributed by atoms with Gasteiger partial charge in [0.2, 0.25) is 5.91 Å². The summed E-state index contributed by atoms with van der Waals surface area (Å²) in [5.74, 6) is 0.670. The SMILES string of the molecule is CC(=O)N1CCC(NC(=O)Nc2ncccc2C)CC1. The zero-order valence-corrected chi connectivity index (χ0v) is 11.8. The Morgan fingerprint density at radius 2 is 2.05 bits per heavy atom. The van der Waals surface area contributed by atoms with Crippen molar-refractivity contribution in [3.05, 3.63) is 23.9 Å². The van der Waals surface area contributed by atoms with Crippen molar-refractivity contribution in [3.8, 4) is 0 Å². The van der Waals surface area contributed by atoms with Crippen LogP contribution in [-0.2, 0) is 4.79 Å². The largest absolute Gasteiger partial charge is 0.343 e. The van der Waals surface area contributed by atoms with Crippen molar-refractivity contribution in [1.82, 2.24) is 15.2 Å². The molecule has 0 saturated carbocycles. The summed E-state index contributed by atoms with van der Waals surface area (Å²) in [6, 6.07) is 3.59. The van der Waals surface area contributed by atoms with E-state index >= 15 is 0 Å². The third kappa shape index (κ3) is 3.69. The highest BCUT2D eigenvalue weighted by molar-refractivity contribution is 5.89. The summed E-state index contributed by atoms with van der Waals surface area (Å²) < 4.78 is 0. The number of hydrogen-bond donors (Lipinski definition) is 2. The molecule has 3 amide bonds. The summed E-state index contributed by atoms with van der Waals surface area (Å²) >= 11 is 0. The monoisotopic (exact) mass is 276 g/mol. The molecular formula is C14H20N4O2. The van der Waals surface area contributed by atoms with E-state index in [4.69, 9.17) is 0 Å². The second-order valence-corrected chi connectivity index (χ2v) is 5.05. The normalized spacial score (nSPS) is 15.8. The summed E-state index contributed by atoms with van der Waals surface area (Å²) in [5.41, 5.74) is 0.925. The van der Waals surface area contributed by atoms with Crippen LogP contribution >= 0.6 is 0 Å². The minimum absolute atomic E-state index is 0.0945. The highest BCUT2D eigenvalue weighted by Crippen LogP contribution is 2.12. The first-order valence-corrected chi connectivity index (χ1v) is 6.81. The number of carbonyl (C=O) groups is 2. The molecule has 0 radical (unpaired) electrons. The molecule has 2 N–H and O–H groups in total. The van der Waals surface area contributed by atoms with E-state index in [0.29, 0.717) is 18.9 Å². The molecule has 0 spiro atoms. The van der Waals surface area contributed by atoms with Gasteiger partial charge >= 0.3 is 6.03 Å². The first-order chi connectivity index (χ1) is 9.56. The number of hydrogen-bond acceptors (Lipinski definition) is 3. The van der Waals surface area contributed by atoms with Crippen LogP contribution in [0.1, 0.15) is 25.3 Å². The topological polar surface area (TPSA) is 74.3 Å². The fraction of sp³-hybridized carbons (Fsp3) is 0.500. The fourth-order valence-electron chi connectivity index (χ4n) is 2.28. The molecule has 1 aliphatic heterocycles. The molecule has 0 atom stereocenters. The molecule has 1 saturated heterocycles. The van der Waals surface area contributed by atoms with Crippen LogP contribution in [0, 0.1) is 6.92 Å². The minimum Gasteiger partial charge on any atom is -0.343 e. The minimum atomic E-state index is -0.243. The Bertz CT molecular complexity index is 496. The van der Waals surface area contributed by atoms with E-state index in [0.717, 1.165) is 18.4 Å². The Morgan fingerprint density at radius 1 is 1.35 bits per heavy atom. The van der Waals surface area contributed by atoms with Crippen LogP contribution in [0.5, 0.6) is 0 Å². The molecule has 6 heteroatoms. The van der Waals surface area contributed by atoms with Crippen molar-refractivity contribution < 1.29 is 9.59 Å². The summed E-state index contributed by atoms with van der Waals surface area (Å²) in [6.07, 6.45) is 3.22. The van der Waals surface area contributed by atoms with Crippen LogP contribution in [0.2, 0.25) is 0 Å². The van der Waals surface area contributed by atoms with Crippen LogP contribution in [0.25, 0.3) is 0 Å². The standard InChI is InChI=1S/C14H20N4O2/c1-10-4-3-7-15-13(10)17-14(20)16-12-5-8-18(9-6-12)11(2)19/h3-4,7,12H,5-6,8-9H2,1-2H3,(H2,15,16,17,20). The van der Waals surface area contributed by atoms with Crippen molar-refractivity contribution in [2.45, 2.75) is 32.7 Å². The average Bonchev–Trinajstić information content (AvgIpc) is 2.42. The van der Waals surface area contributed by atoms with E-state index in [-0.39, 0.29) is 18.0 Å². The maximum Gasteiger partial charge on any atom is 0.320 e. The smallest absolute Gasteiger partial charge is 0.320 e. The van der Waals surface area contributed by atoms with E-state index in [2.05, 4.69) is 15.6 Å². The summed E-state index contributed by atoms with van der Waals surface area (Å²) in [5, 5.41) is 5.68. The second kappa shape index (κ2) is 6.36. The van der Waals surface area contributed by atoms with Crippen molar-refractivity contribution in [2.75, 3.05) is 18.4 Å². The van der Waals surface area contributed by atoms with Gasteiger partial charge in [0.15, 0.2) is 0 Å². The molecule has 0 aromatic carbocycles. The molecule has 1 aromatic rings. The Balaban J connectivity index is 1.81. The Hall–Kier alpha value is -2.11. The number of likely N-dealkylation sites (tertiary alicyclic amines) is 1. The number of nitrogens with one attached hydrogen (secondary N) is 2. The number of pyridine rings is 1. The van der Waals surface area contributed by atoms with Crippen molar-refractivity contribution in [3.63, 3.8) is 0 Å². The molecule has 20 heavy (non-hydrogen) atoms. The number of rotatable bonds is 2. The van der Waals surface area contributed by atoms with Gasteiger partial charge in [-0.25, -0.2) is 9.78 Å². The van der Waals surface area contributed by atoms with E-state index in [1.165, 1.54) is 0 Å². The Kier molecular flexibility index (Phi) is 4.55. The van der Waals surface area contributed by atoms with Gasteiger partial charge in [0.1, 0.15) is 5.82 Å². The van der Waals surface area contributed by atoms with Gasteiger partial charge in [0, 0.05) is 32.3 Å².